The Morgan fingerprint density at radius 3 is 2.77 bits per heavy atom. The van der Waals surface area contributed by atoms with Gasteiger partial charge in [-0.05, 0) is 29.5 Å². The van der Waals surface area contributed by atoms with Crippen LogP contribution in [0.1, 0.15) is 5.82 Å². The molecule has 0 bridgehead atoms. The maximum Gasteiger partial charge on any atom is 0.216 e. The molecule has 0 unspecified atom stereocenters. The fourth-order valence-corrected chi connectivity index (χ4v) is 1.87. The first-order valence-electron chi connectivity index (χ1n) is 6.17. The molecule has 0 aliphatic rings. The molecule has 3 rings (SSSR count). The van der Waals surface area contributed by atoms with E-state index in [-0.39, 0.29) is 11.4 Å². The first-order valence-corrected chi connectivity index (χ1v) is 6.55. The lowest BCUT2D eigenvalue weighted by Gasteiger charge is -2.04. The third kappa shape index (κ3) is 2.94. The molecule has 8 nitrogen and oxygen atoms in total. The molecule has 0 aliphatic carbocycles. The molecule has 0 saturated heterocycles. The van der Waals surface area contributed by atoms with E-state index in [0.29, 0.717) is 5.02 Å². The van der Waals surface area contributed by atoms with Crippen LogP contribution in [-0.2, 0) is 0 Å². The number of nitrogens with zero attached hydrogens (tertiary/aromatic N) is 6. The van der Waals surface area contributed by atoms with E-state index in [9.17, 15) is 0 Å². The number of benzene rings is 1. The molecule has 2 N–H and O–H groups in total. The van der Waals surface area contributed by atoms with Crippen molar-refractivity contribution in [2.45, 2.75) is 0 Å². The van der Waals surface area contributed by atoms with Gasteiger partial charge in [0.05, 0.1) is 16.9 Å². The summed E-state index contributed by atoms with van der Waals surface area (Å²) in [6.45, 7) is 0. The molecule has 2 aromatic heterocycles. The Hall–Kier alpha value is -3.18. The Morgan fingerprint density at radius 1 is 1.36 bits per heavy atom. The molecule has 0 amide bonds. The molecular formula is C13H9ClN8. The minimum atomic E-state index is 0.234. The van der Waals surface area contributed by atoms with Crippen LogP contribution in [0.5, 0.6) is 0 Å². The number of tetrazole rings is 1. The Bertz CT molecular complexity index is 826. The second kappa shape index (κ2) is 6.07. The predicted octanol–water partition coefficient (Wildman–Crippen LogP) is 2.02. The normalized spacial score (nSPS) is 11.2. The van der Waals surface area contributed by atoms with E-state index in [1.807, 2.05) is 30.3 Å². The number of aromatic amines is 1. The average molecular weight is 313 g/mol. The Kier molecular flexibility index (Phi) is 3.80. The summed E-state index contributed by atoms with van der Waals surface area (Å²) in [5.41, 5.74) is 1.95. The van der Waals surface area contributed by atoms with Crippen molar-refractivity contribution in [1.29, 1.82) is 5.26 Å². The molecule has 0 spiro atoms. The van der Waals surface area contributed by atoms with Crippen molar-refractivity contribution >= 4 is 22.9 Å². The summed E-state index contributed by atoms with van der Waals surface area (Å²) in [6.07, 6.45) is 4.80. The second-order valence-corrected chi connectivity index (χ2v) is 4.64. The quantitative estimate of drug-likeness (QED) is 0.713. The molecule has 0 fully saturated rings. The molecule has 0 saturated carbocycles. The minimum Gasteiger partial charge on any atom is -0.360 e. The zero-order chi connectivity index (χ0) is 15.4. The molecular weight excluding hydrogens is 304 g/mol. The van der Waals surface area contributed by atoms with E-state index in [2.05, 4.69) is 31.0 Å². The Balaban J connectivity index is 1.75. The van der Waals surface area contributed by atoms with Crippen LogP contribution in [0.4, 0.5) is 5.69 Å². The monoisotopic (exact) mass is 312 g/mol. The number of aromatic nitrogens is 6. The van der Waals surface area contributed by atoms with E-state index >= 15 is 0 Å². The van der Waals surface area contributed by atoms with E-state index in [1.165, 1.54) is 6.20 Å². The van der Waals surface area contributed by atoms with Crippen molar-refractivity contribution < 1.29 is 0 Å². The van der Waals surface area contributed by atoms with Crippen LogP contribution in [-0.4, -0.2) is 30.4 Å². The zero-order valence-corrected chi connectivity index (χ0v) is 11.9. The predicted molar refractivity (Wildman–Crippen MR) is 80.0 cm³/mol. The number of anilines is 1. The van der Waals surface area contributed by atoms with Gasteiger partial charge in [-0.1, -0.05) is 11.6 Å². The SMILES string of the molecule is N#CC(=CNc1ccc(-n2cc(Cl)cn2)cc1)c1nn[nH]n1. The van der Waals surface area contributed by atoms with Crippen molar-refractivity contribution in [2.75, 3.05) is 5.32 Å². The number of halogens is 1. The average Bonchev–Trinajstić information content (AvgIpc) is 3.20. The number of hydrogen-bond acceptors (Lipinski definition) is 6. The zero-order valence-electron chi connectivity index (χ0n) is 11.1. The summed E-state index contributed by atoms with van der Waals surface area (Å²) in [5, 5.41) is 30.0. The molecule has 0 radical (unpaired) electrons. The lowest BCUT2D eigenvalue weighted by Crippen LogP contribution is -1.96. The number of hydrogen-bond donors (Lipinski definition) is 2. The maximum absolute atomic E-state index is 9.07. The summed E-state index contributed by atoms with van der Waals surface area (Å²) >= 11 is 5.84. The van der Waals surface area contributed by atoms with Gasteiger partial charge >= 0.3 is 0 Å². The van der Waals surface area contributed by atoms with Gasteiger partial charge in [0, 0.05) is 18.1 Å². The molecule has 1 aromatic carbocycles. The molecule has 2 heterocycles. The highest BCUT2D eigenvalue weighted by atomic mass is 35.5. The van der Waals surface area contributed by atoms with Gasteiger partial charge in [-0.3, -0.25) is 0 Å². The third-order valence-corrected chi connectivity index (χ3v) is 2.97. The van der Waals surface area contributed by atoms with Gasteiger partial charge in [-0.2, -0.15) is 15.6 Å². The van der Waals surface area contributed by atoms with Crippen molar-refractivity contribution in [3.63, 3.8) is 0 Å². The number of allylic oxidation sites excluding steroid dienone is 1. The van der Waals surface area contributed by atoms with Crippen LogP contribution in [0, 0.1) is 11.3 Å². The molecule has 0 atom stereocenters. The molecule has 9 heteroatoms. The number of H-pyrrole nitrogens is 1. The van der Waals surface area contributed by atoms with Crippen LogP contribution in [0.2, 0.25) is 5.02 Å². The summed E-state index contributed by atoms with van der Waals surface area (Å²) < 4.78 is 1.67. The van der Waals surface area contributed by atoms with Gasteiger partial charge in [0.15, 0.2) is 0 Å². The summed E-state index contributed by atoms with van der Waals surface area (Å²) in [4.78, 5) is 0. The first-order chi connectivity index (χ1) is 10.8. The van der Waals surface area contributed by atoms with Gasteiger partial charge in [-0.25, -0.2) is 4.68 Å². The molecule has 108 valence electrons. The Morgan fingerprint density at radius 2 is 2.18 bits per heavy atom. The number of rotatable bonds is 4. The molecule has 22 heavy (non-hydrogen) atoms. The van der Waals surface area contributed by atoms with Gasteiger partial charge in [0.2, 0.25) is 5.82 Å². The van der Waals surface area contributed by atoms with Gasteiger partial charge in [0.1, 0.15) is 11.6 Å². The minimum absolute atomic E-state index is 0.234. The van der Waals surface area contributed by atoms with E-state index in [4.69, 9.17) is 16.9 Å². The van der Waals surface area contributed by atoms with E-state index in [1.54, 1.807) is 17.1 Å². The van der Waals surface area contributed by atoms with Crippen molar-refractivity contribution in [2.24, 2.45) is 0 Å². The van der Waals surface area contributed by atoms with Crippen molar-refractivity contribution in [1.82, 2.24) is 30.4 Å². The van der Waals surface area contributed by atoms with Gasteiger partial charge in [-0.15, -0.1) is 10.2 Å². The van der Waals surface area contributed by atoms with Crippen molar-refractivity contribution in [3.05, 3.63) is 53.7 Å². The number of nitriles is 1. The first kappa shape index (κ1) is 13.8. The highest BCUT2D eigenvalue weighted by Crippen LogP contribution is 2.16. The molecule has 0 aliphatic heterocycles. The summed E-state index contributed by atoms with van der Waals surface area (Å²) in [6, 6.07) is 9.46. The van der Waals surface area contributed by atoms with Gasteiger partial charge in [0.25, 0.3) is 0 Å². The highest BCUT2D eigenvalue weighted by Gasteiger charge is 2.05. The lowest BCUT2D eigenvalue weighted by molar-refractivity contribution is 0.881. The van der Waals surface area contributed by atoms with Crippen LogP contribution in [0.25, 0.3) is 11.3 Å². The van der Waals surface area contributed by atoms with Crippen LogP contribution in [0.15, 0.2) is 42.9 Å². The van der Waals surface area contributed by atoms with E-state index in [0.717, 1.165) is 11.4 Å². The standard InChI is InChI=1S/C13H9ClN8/c14-10-7-17-22(8-10)12-3-1-11(2-4-12)16-6-9(5-15)13-18-20-21-19-13/h1-4,6-8,16H,(H,18,19,20,21). The number of nitrogens with one attached hydrogen (secondary N) is 2. The maximum atomic E-state index is 9.07. The smallest absolute Gasteiger partial charge is 0.216 e. The lowest BCUT2D eigenvalue weighted by atomic mass is 10.2. The summed E-state index contributed by atoms with van der Waals surface area (Å²) in [5.74, 6) is 0.234. The second-order valence-electron chi connectivity index (χ2n) is 4.20. The fraction of sp³-hybridized carbons (Fsp3) is 0. The van der Waals surface area contributed by atoms with E-state index < -0.39 is 0 Å². The Labute approximate surface area is 130 Å². The van der Waals surface area contributed by atoms with Crippen LogP contribution in [0.3, 0.4) is 0 Å². The third-order valence-electron chi connectivity index (χ3n) is 2.77. The van der Waals surface area contributed by atoms with Crippen LogP contribution < -0.4 is 5.32 Å². The van der Waals surface area contributed by atoms with Crippen molar-refractivity contribution in [3.8, 4) is 11.8 Å². The topological polar surface area (TPSA) is 108 Å². The highest BCUT2D eigenvalue weighted by molar-refractivity contribution is 6.30. The van der Waals surface area contributed by atoms with Crippen LogP contribution >= 0.6 is 11.6 Å². The molecule has 3 aromatic rings. The van der Waals surface area contributed by atoms with Gasteiger partial charge < -0.3 is 5.32 Å². The largest absolute Gasteiger partial charge is 0.360 e. The summed E-state index contributed by atoms with van der Waals surface area (Å²) in [7, 11) is 0. The fourth-order valence-electron chi connectivity index (χ4n) is 1.73.